The number of aromatic hydroxyl groups is 1. The van der Waals surface area contributed by atoms with Crippen molar-refractivity contribution in [2.24, 2.45) is 0 Å². The average Bonchev–Trinajstić information content (AvgIpc) is 2.94. The molecule has 1 heterocycles. The highest BCUT2D eigenvalue weighted by atomic mass is 35.5. The minimum absolute atomic E-state index is 0.0496. The van der Waals surface area contributed by atoms with Crippen LogP contribution in [0.25, 0.3) is 11.5 Å². The number of hydrogen-bond donors (Lipinski definition) is 2. The van der Waals surface area contributed by atoms with Crippen molar-refractivity contribution in [1.82, 2.24) is 9.78 Å². The maximum Gasteiger partial charge on any atom is 0.437 e. The normalized spacial score (nSPS) is 11.0. The first-order valence-corrected chi connectivity index (χ1v) is 8.27. The number of nitrogens with zero attached hydrogens (tertiary/aromatic N) is 2. The number of aromatic nitrogens is 2. The van der Waals surface area contributed by atoms with Gasteiger partial charge in [0.25, 0.3) is 0 Å². The predicted octanol–water partition coefficient (Wildman–Crippen LogP) is 4.45. The number of rotatable bonds is 3. The summed E-state index contributed by atoms with van der Waals surface area (Å²) in [4.78, 5) is 12.0. The molecule has 130 valence electrons. The molecule has 0 unspecified atom stereocenters. The molecule has 1 aromatic heterocycles. The third-order valence-electron chi connectivity index (χ3n) is 3.40. The van der Waals surface area contributed by atoms with Crippen molar-refractivity contribution in [1.29, 1.82) is 0 Å². The molecule has 0 bridgehead atoms. The van der Waals surface area contributed by atoms with Gasteiger partial charge in [0.05, 0.1) is 27.3 Å². The first kappa shape index (κ1) is 17.9. The van der Waals surface area contributed by atoms with E-state index in [1.54, 1.807) is 12.1 Å². The Bertz CT molecular complexity index is 1030. The van der Waals surface area contributed by atoms with Gasteiger partial charge in [0, 0.05) is 11.1 Å². The predicted molar refractivity (Wildman–Crippen MR) is 97.9 cm³/mol. The van der Waals surface area contributed by atoms with Crippen molar-refractivity contribution in [3.8, 4) is 17.2 Å². The van der Waals surface area contributed by atoms with Crippen LogP contribution in [0.3, 0.4) is 0 Å². The fourth-order valence-corrected chi connectivity index (χ4v) is 2.90. The number of anilines is 1. The van der Waals surface area contributed by atoms with E-state index in [1.165, 1.54) is 12.1 Å². The third kappa shape index (κ3) is 3.43. The molecule has 3 N–H and O–H groups in total. The molecule has 0 radical (unpaired) electrons. The van der Waals surface area contributed by atoms with Crippen molar-refractivity contribution >= 4 is 52.1 Å². The Morgan fingerprint density at radius 3 is 2.52 bits per heavy atom. The summed E-state index contributed by atoms with van der Waals surface area (Å²) < 4.78 is 6.12. The fourth-order valence-electron chi connectivity index (χ4n) is 2.11. The van der Waals surface area contributed by atoms with Gasteiger partial charge in [-0.2, -0.15) is 4.68 Å². The summed E-state index contributed by atoms with van der Waals surface area (Å²) in [7, 11) is 0. The molecule has 0 spiro atoms. The number of phenolic OH excluding ortho intramolecular Hbond substituents is 1. The summed E-state index contributed by atoms with van der Waals surface area (Å²) in [5, 5.41) is 14.9. The SMILES string of the molecule is Nc1c(Cl)cc(Cn2nc(-c3ccc(Cl)c(Cl)c3)oc2=O)c(O)c1Cl. The molecular weight excluding hydrogens is 412 g/mol. The number of nitrogen functional groups attached to an aromatic ring is 1. The molecule has 0 fully saturated rings. The summed E-state index contributed by atoms with van der Waals surface area (Å²) in [6.07, 6.45) is 0. The van der Waals surface area contributed by atoms with Gasteiger partial charge in [-0.1, -0.05) is 46.4 Å². The Morgan fingerprint density at radius 2 is 1.84 bits per heavy atom. The highest BCUT2D eigenvalue weighted by Gasteiger charge is 2.17. The number of benzene rings is 2. The molecule has 0 saturated carbocycles. The van der Waals surface area contributed by atoms with Crippen molar-refractivity contribution in [2.45, 2.75) is 6.54 Å². The largest absolute Gasteiger partial charge is 0.506 e. The molecular formula is C15H9Cl4N3O3. The van der Waals surface area contributed by atoms with Crippen LogP contribution in [-0.4, -0.2) is 14.9 Å². The monoisotopic (exact) mass is 419 g/mol. The highest BCUT2D eigenvalue weighted by molar-refractivity contribution is 6.42. The Labute approximate surface area is 161 Å². The molecule has 25 heavy (non-hydrogen) atoms. The van der Waals surface area contributed by atoms with Crippen LogP contribution in [0.2, 0.25) is 20.1 Å². The lowest BCUT2D eigenvalue weighted by atomic mass is 10.2. The second kappa shape index (κ2) is 6.80. The van der Waals surface area contributed by atoms with Crippen LogP contribution in [0.1, 0.15) is 5.56 Å². The maximum absolute atomic E-state index is 12.0. The first-order valence-electron chi connectivity index (χ1n) is 6.76. The summed E-state index contributed by atoms with van der Waals surface area (Å²) in [6.45, 7) is -0.116. The Morgan fingerprint density at radius 1 is 1.12 bits per heavy atom. The van der Waals surface area contributed by atoms with Gasteiger partial charge in [0.1, 0.15) is 10.8 Å². The number of phenols is 1. The number of hydrogen-bond acceptors (Lipinski definition) is 5. The lowest BCUT2D eigenvalue weighted by Crippen LogP contribution is -2.16. The van der Waals surface area contributed by atoms with E-state index >= 15 is 0 Å². The van der Waals surface area contributed by atoms with Gasteiger partial charge < -0.3 is 15.3 Å². The molecule has 0 saturated heterocycles. The van der Waals surface area contributed by atoms with Crippen LogP contribution in [0.15, 0.2) is 33.5 Å². The fraction of sp³-hybridized carbons (Fsp3) is 0.0667. The first-order chi connectivity index (χ1) is 11.8. The average molecular weight is 421 g/mol. The van der Waals surface area contributed by atoms with Gasteiger partial charge in [-0.15, -0.1) is 5.10 Å². The van der Waals surface area contributed by atoms with Crippen LogP contribution >= 0.6 is 46.4 Å². The van der Waals surface area contributed by atoms with Crippen LogP contribution in [-0.2, 0) is 6.54 Å². The van der Waals surface area contributed by atoms with E-state index in [4.69, 9.17) is 56.6 Å². The van der Waals surface area contributed by atoms with Crippen LogP contribution in [0.4, 0.5) is 5.69 Å². The third-order valence-corrected chi connectivity index (χ3v) is 4.83. The highest BCUT2D eigenvalue weighted by Crippen LogP contribution is 2.38. The van der Waals surface area contributed by atoms with Crippen molar-refractivity contribution in [3.63, 3.8) is 0 Å². The van der Waals surface area contributed by atoms with E-state index in [0.717, 1.165) is 4.68 Å². The summed E-state index contributed by atoms with van der Waals surface area (Å²) in [6, 6.07) is 6.09. The minimum Gasteiger partial charge on any atom is -0.506 e. The molecule has 0 aliphatic rings. The molecule has 3 aromatic rings. The molecule has 2 aromatic carbocycles. The van der Waals surface area contributed by atoms with Crippen LogP contribution in [0, 0.1) is 0 Å². The molecule has 0 amide bonds. The topological polar surface area (TPSA) is 94.3 Å². The Hall–Kier alpha value is -1.86. The number of nitrogens with two attached hydrogens (primary N) is 1. The van der Waals surface area contributed by atoms with Crippen molar-refractivity contribution < 1.29 is 9.52 Å². The maximum atomic E-state index is 12.0. The standard InChI is InChI=1S/C15H9Cl4N3O3/c16-8-2-1-6(3-9(8)17)14-21-22(15(24)25-14)5-7-4-10(18)12(20)11(19)13(7)23/h1-4,23H,5,20H2. The van der Waals surface area contributed by atoms with E-state index in [0.29, 0.717) is 15.6 Å². The lowest BCUT2D eigenvalue weighted by molar-refractivity contribution is 0.457. The molecule has 6 nitrogen and oxygen atoms in total. The smallest absolute Gasteiger partial charge is 0.437 e. The van der Waals surface area contributed by atoms with Gasteiger partial charge in [-0.05, 0) is 24.3 Å². The zero-order valence-corrected chi connectivity index (χ0v) is 15.3. The van der Waals surface area contributed by atoms with Gasteiger partial charge in [-0.25, -0.2) is 4.79 Å². The van der Waals surface area contributed by atoms with E-state index < -0.39 is 5.76 Å². The zero-order valence-electron chi connectivity index (χ0n) is 12.3. The van der Waals surface area contributed by atoms with Crippen molar-refractivity contribution in [3.05, 3.63) is 60.5 Å². The second-order valence-corrected chi connectivity index (χ2v) is 6.65. The molecule has 0 aliphatic heterocycles. The summed E-state index contributed by atoms with van der Waals surface area (Å²) in [5.41, 5.74) is 6.42. The van der Waals surface area contributed by atoms with Crippen LogP contribution in [0.5, 0.6) is 5.75 Å². The zero-order chi connectivity index (χ0) is 18.3. The van der Waals surface area contributed by atoms with Gasteiger partial charge in [-0.3, -0.25) is 0 Å². The van der Waals surface area contributed by atoms with Crippen LogP contribution < -0.4 is 11.5 Å². The Balaban J connectivity index is 1.99. The molecule has 0 atom stereocenters. The van der Waals surface area contributed by atoms with E-state index in [-0.39, 0.29) is 39.5 Å². The van der Waals surface area contributed by atoms with Gasteiger partial charge in [0.15, 0.2) is 0 Å². The Kier molecular flexibility index (Phi) is 4.88. The van der Waals surface area contributed by atoms with E-state index in [2.05, 4.69) is 5.10 Å². The van der Waals surface area contributed by atoms with Crippen molar-refractivity contribution in [2.75, 3.05) is 5.73 Å². The summed E-state index contributed by atoms with van der Waals surface area (Å²) >= 11 is 23.7. The van der Waals surface area contributed by atoms with E-state index in [9.17, 15) is 9.90 Å². The van der Waals surface area contributed by atoms with E-state index in [1.807, 2.05) is 0 Å². The van der Waals surface area contributed by atoms with Gasteiger partial charge >= 0.3 is 5.76 Å². The number of halogens is 4. The van der Waals surface area contributed by atoms with Gasteiger partial charge in [0.2, 0.25) is 5.89 Å². The lowest BCUT2D eigenvalue weighted by Gasteiger charge is -2.09. The quantitative estimate of drug-likeness (QED) is 0.610. The second-order valence-electron chi connectivity index (χ2n) is 5.05. The minimum atomic E-state index is -0.732. The molecule has 10 heteroatoms. The molecule has 0 aliphatic carbocycles. The summed E-state index contributed by atoms with van der Waals surface area (Å²) in [5.74, 6) is -0.963. The molecule has 3 rings (SSSR count).